The lowest BCUT2D eigenvalue weighted by Gasteiger charge is -2.32. The van der Waals surface area contributed by atoms with Gasteiger partial charge in [0.15, 0.2) is 0 Å². The van der Waals surface area contributed by atoms with E-state index in [1.54, 1.807) is 0 Å². The number of nitrogens with two attached hydrogens (primary N) is 1. The third-order valence-electron chi connectivity index (χ3n) is 3.69. The summed E-state index contributed by atoms with van der Waals surface area (Å²) >= 11 is 12.1. The van der Waals surface area contributed by atoms with Crippen molar-refractivity contribution in [1.82, 2.24) is 4.90 Å². The number of rotatable bonds is 4. The first-order valence-electron chi connectivity index (χ1n) is 6.55. The van der Waals surface area contributed by atoms with E-state index in [0.29, 0.717) is 5.02 Å². The van der Waals surface area contributed by atoms with Crippen LogP contribution in [0.5, 0.6) is 0 Å². The second-order valence-electron chi connectivity index (χ2n) is 5.03. The van der Waals surface area contributed by atoms with Crippen molar-refractivity contribution < 1.29 is 0 Å². The van der Waals surface area contributed by atoms with Crippen LogP contribution in [-0.2, 0) is 6.54 Å². The summed E-state index contributed by atoms with van der Waals surface area (Å²) in [6.45, 7) is 4.02. The average Bonchev–Trinajstić information content (AvgIpc) is 2.35. The topological polar surface area (TPSA) is 29.3 Å². The lowest BCUT2D eigenvalue weighted by Crippen LogP contribution is -2.33. The maximum Gasteiger partial charge on any atom is 0.0465 e. The van der Waals surface area contributed by atoms with Crippen molar-refractivity contribution in [1.29, 1.82) is 0 Å². The Morgan fingerprint density at radius 1 is 1.22 bits per heavy atom. The Labute approximate surface area is 119 Å². The largest absolute Gasteiger partial charge is 0.330 e. The van der Waals surface area contributed by atoms with Gasteiger partial charge in [0, 0.05) is 16.6 Å². The van der Waals surface area contributed by atoms with Gasteiger partial charge >= 0.3 is 0 Å². The maximum atomic E-state index is 6.20. The molecule has 0 aliphatic carbocycles. The van der Waals surface area contributed by atoms with E-state index < -0.39 is 0 Å². The highest BCUT2D eigenvalue weighted by molar-refractivity contribution is 6.35. The fourth-order valence-corrected chi connectivity index (χ4v) is 3.03. The van der Waals surface area contributed by atoms with Gasteiger partial charge in [0.1, 0.15) is 0 Å². The van der Waals surface area contributed by atoms with Crippen molar-refractivity contribution in [3.8, 4) is 0 Å². The molecule has 0 aromatic heterocycles. The molecule has 2 N–H and O–H groups in total. The molecule has 1 fully saturated rings. The van der Waals surface area contributed by atoms with Crippen LogP contribution in [0.15, 0.2) is 18.2 Å². The van der Waals surface area contributed by atoms with Crippen molar-refractivity contribution in [2.75, 3.05) is 19.6 Å². The SMILES string of the molecule is NCCC1CCN(Cc2ccc(Cl)cc2Cl)CC1. The summed E-state index contributed by atoms with van der Waals surface area (Å²) < 4.78 is 0. The van der Waals surface area contributed by atoms with Crippen molar-refractivity contribution in [2.45, 2.75) is 25.8 Å². The molecule has 1 heterocycles. The van der Waals surface area contributed by atoms with Crippen molar-refractivity contribution in [2.24, 2.45) is 11.7 Å². The van der Waals surface area contributed by atoms with Gasteiger partial charge < -0.3 is 5.73 Å². The lowest BCUT2D eigenvalue weighted by molar-refractivity contribution is 0.173. The fourth-order valence-electron chi connectivity index (χ4n) is 2.56. The predicted octanol–water partition coefficient (Wildman–Crippen LogP) is 3.55. The quantitative estimate of drug-likeness (QED) is 0.917. The molecule has 4 heteroatoms. The Morgan fingerprint density at radius 2 is 1.94 bits per heavy atom. The standard InChI is InChI=1S/C14H20Cl2N2/c15-13-2-1-12(14(16)9-13)10-18-7-4-11(3-6-17)5-8-18/h1-2,9,11H,3-8,10,17H2. The molecule has 0 amide bonds. The molecule has 1 aliphatic rings. The van der Waals surface area contributed by atoms with Crippen LogP contribution in [0.3, 0.4) is 0 Å². The van der Waals surface area contributed by atoms with E-state index in [1.165, 1.54) is 18.4 Å². The highest BCUT2D eigenvalue weighted by Crippen LogP contribution is 2.25. The van der Waals surface area contributed by atoms with Gasteiger partial charge in [-0.05, 0) is 62.5 Å². The Morgan fingerprint density at radius 3 is 2.56 bits per heavy atom. The summed E-state index contributed by atoms with van der Waals surface area (Å²) in [6, 6.07) is 5.75. The van der Waals surface area contributed by atoms with Gasteiger partial charge in [-0.2, -0.15) is 0 Å². The number of hydrogen-bond donors (Lipinski definition) is 1. The smallest absolute Gasteiger partial charge is 0.0465 e. The second-order valence-corrected chi connectivity index (χ2v) is 5.88. The van der Waals surface area contributed by atoms with Gasteiger partial charge in [0.2, 0.25) is 0 Å². The summed E-state index contributed by atoms with van der Waals surface area (Å²) in [5, 5.41) is 1.47. The Hall–Kier alpha value is -0.280. The van der Waals surface area contributed by atoms with E-state index in [1.807, 2.05) is 18.2 Å². The van der Waals surface area contributed by atoms with E-state index in [9.17, 15) is 0 Å². The van der Waals surface area contributed by atoms with Crippen LogP contribution < -0.4 is 5.73 Å². The highest BCUT2D eigenvalue weighted by Gasteiger charge is 2.19. The molecule has 0 atom stereocenters. The minimum atomic E-state index is 0.699. The Balaban J connectivity index is 1.87. The third-order valence-corrected chi connectivity index (χ3v) is 4.28. The van der Waals surface area contributed by atoms with Crippen molar-refractivity contribution in [3.05, 3.63) is 33.8 Å². The molecule has 2 nitrogen and oxygen atoms in total. The van der Waals surface area contributed by atoms with Crippen LogP contribution in [0.25, 0.3) is 0 Å². The third kappa shape index (κ3) is 3.86. The van der Waals surface area contributed by atoms with Crippen molar-refractivity contribution in [3.63, 3.8) is 0 Å². The summed E-state index contributed by atoms with van der Waals surface area (Å²) in [4.78, 5) is 2.46. The zero-order chi connectivity index (χ0) is 13.0. The van der Waals surface area contributed by atoms with Crippen molar-refractivity contribution >= 4 is 23.2 Å². The maximum absolute atomic E-state index is 6.20. The van der Waals surface area contributed by atoms with E-state index in [2.05, 4.69) is 4.90 Å². The molecule has 1 aliphatic heterocycles. The molecule has 0 spiro atoms. The number of nitrogens with zero attached hydrogens (tertiary/aromatic N) is 1. The van der Waals surface area contributed by atoms with Gasteiger partial charge in [-0.15, -0.1) is 0 Å². The molecule has 0 saturated carbocycles. The molecule has 1 saturated heterocycles. The summed E-state index contributed by atoms with van der Waals surface area (Å²) in [6.07, 6.45) is 3.67. The van der Waals surface area contributed by atoms with Crippen LogP contribution in [-0.4, -0.2) is 24.5 Å². The molecule has 1 aromatic carbocycles. The molecule has 18 heavy (non-hydrogen) atoms. The minimum absolute atomic E-state index is 0.699. The molecule has 0 radical (unpaired) electrons. The number of halogens is 2. The monoisotopic (exact) mass is 286 g/mol. The summed E-state index contributed by atoms with van der Waals surface area (Å²) in [7, 11) is 0. The van der Waals surface area contributed by atoms with Crippen LogP contribution in [0, 0.1) is 5.92 Å². The highest BCUT2D eigenvalue weighted by atomic mass is 35.5. The van der Waals surface area contributed by atoms with Crippen LogP contribution >= 0.6 is 23.2 Å². The first-order valence-corrected chi connectivity index (χ1v) is 7.31. The van der Waals surface area contributed by atoms with E-state index >= 15 is 0 Å². The van der Waals surface area contributed by atoms with Gasteiger partial charge in [0.25, 0.3) is 0 Å². The number of benzene rings is 1. The van der Waals surface area contributed by atoms with Crippen LogP contribution in [0.4, 0.5) is 0 Å². The second kappa shape index (κ2) is 6.76. The number of hydrogen-bond acceptors (Lipinski definition) is 2. The van der Waals surface area contributed by atoms with Crippen LogP contribution in [0.1, 0.15) is 24.8 Å². The summed E-state index contributed by atoms with van der Waals surface area (Å²) in [5.74, 6) is 0.812. The predicted molar refractivity (Wildman–Crippen MR) is 78.1 cm³/mol. The van der Waals surface area contributed by atoms with Gasteiger partial charge in [0.05, 0.1) is 0 Å². The molecule has 2 rings (SSSR count). The summed E-state index contributed by atoms with van der Waals surface area (Å²) in [5.41, 5.74) is 6.77. The normalized spacial score (nSPS) is 18.2. The molecule has 0 unspecified atom stereocenters. The Kier molecular flexibility index (Phi) is 5.31. The Bertz CT molecular complexity index is 387. The average molecular weight is 287 g/mol. The molecular formula is C14H20Cl2N2. The zero-order valence-corrected chi connectivity index (χ0v) is 12.1. The van der Waals surface area contributed by atoms with Gasteiger partial charge in [-0.1, -0.05) is 29.3 Å². The fraction of sp³-hybridized carbons (Fsp3) is 0.571. The minimum Gasteiger partial charge on any atom is -0.330 e. The van der Waals surface area contributed by atoms with Gasteiger partial charge in [-0.3, -0.25) is 4.90 Å². The molecule has 100 valence electrons. The molecule has 1 aromatic rings. The zero-order valence-electron chi connectivity index (χ0n) is 10.5. The number of likely N-dealkylation sites (tertiary alicyclic amines) is 1. The van der Waals surface area contributed by atoms with Gasteiger partial charge in [-0.25, -0.2) is 0 Å². The first kappa shape index (κ1) is 14.1. The van der Waals surface area contributed by atoms with Crippen LogP contribution in [0.2, 0.25) is 10.0 Å². The lowest BCUT2D eigenvalue weighted by atomic mass is 9.93. The number of piperidine rings is 1. The van der Waals surface area contributed by atoms with E-state index in [0.717, 1.165) is 43.5 Å². The van der Waals surface area contributed by atoms with E-state index in [4.69, 9.17) is 28.9 Å². The van der Waals surface area contributed by atoms with E-state index in [-0.39, 0.29) is 0 Å². The molecular weight excluding hydrogens is 267 g/mol. The first-order chi connectivity index (χ1) is 8.69. The molecule has 0 bridgehead atoms.